The topological polar surface area (TPSA) is 40.5 Å². The van der Waals surface area contributed by atoms with Gasteiger partial charge in [-0.2, -0.15) is 0 Å². The summed E-state index contributed by atoms with van der Waals surface area (Å²) in [6.45, 7) is 2.41. The van der Waals surface area contributed by atoms with E-state index in [1.165, 1.54) is 12.1 Å². The molecule has 2 rings (SSSR count). The van der Waals surface area contributed by atoms with Crippen LogP contribution < -0.4 is 4.90 Å². The SMILES string of the molecule is Cc1ccc(N(C)Cc2ccc(F)cc2C(=O)O)cc1. The van der Waals surface area contributed by atoms with E-state index >= 15 is 0 Å². The van der Waals surface area contributed by atoms with Gasteiger partial charge in [0.1, 0.15) is 5.82 Å². The van der Waals surface area contributed by atoms with Crippen molar-refractivity contribution in [3.63, 3.8) is 0 Å². The second-order valence-corrected chi connectivity index (χ2v) is 4.80. The molecule has 0 fully saturated rings. The van der Waals surface area contributed by atoms with E-state index < -0.39 is 11.8 Å². The van der Waals surface area contributed by atoms with Crippen molar-refractivity contribution in [3.05, 3.63) is 65.0 Å². The molecule has 0 aliphatic carbocycles. The van der Waals surface area contributed by atoms with Gasteiger partial charge in [-0.1, -0.05) is 23.8 Å². The molecule has 0 radical (unpaired) electrons. The van der Waals surface area contributed by atoms with Crippen LogP contribution >= 0.6 is 0 Å². The molecule has 3 nitrogen and oxygen atoms in total. The molecule has 0 bridgehead atoms. The second kappa shape index (κ2) is 5.74. The van der Waals surface area contributed by atoms with Crippen molar-refractivity contribution in [2.45, 2.75) is 13.5 Å². The maximum absolute atomic E-state index is 13.1. The van der Waals surface area contributed by atoms with Crippen LogP contribution in [0.5, 0.6) is 0 Å². The van der Waals surface area contributed by atoms with Crippen molar-refractivity contribution in [2.75, 3.05) is 11.9 Å². The Morgan fingerprint density at radius 3 is 2.45 bits per heavy atom. The maximum Gasteiger partial charge on any atom is 0.336 e. The molecule has 0 unspecified atom stereocenters. The minimum absolute atomic E-state index is 0.00367. The molecule has 20 heavy (non-hydrogen) atoms. The van der Waals surface area contributed by atoms with Crippen LogP contribution in [0.25, 0.3) is 0 Å². The van der Waals surface area contributed by atoms with Crippen LogP contribution in [0.1, 0.15) is 21.5 Å². The normalized spacial score (nSPS) is 10.3. The lowest BCUT2D eigenvalue weighted by Gasteiger charge is -2.20. The van der Waals surface area contributed by atoms with Crippen LogP contribution in [0.2, 0.25) is 0 Å². The number of benzene rings is 2. The lowest BCUT2D eigenvalue weighted by atomic mass is 10.1. The van der Waals surface area contributed by atoms with Crippen LogP contribution in [-0.4, -0.2) is 18.1 Å². The summed E-state index contributed by atoms with van der Waals surface area (Å²) in [4.78, 5) is 13.1. The zero-order valence-electron chi connectivity index (χ0n) is 11.4. The average Bonchev–Trinajstić information content (AvgIpc) is 2.41. The van der Waals surface area contributed by atoms with E-state index in [-0.39, 0.29) is 5.56 Å². The molecule has 2 aromatic rings. The Hall–Kier alpha value is -2.36. The molecule has 0 saturated carbocycles. The highest BCUT2D eigenvalue weighted by atomic mass is 19.1. The van der Waals surface area contributed by atoms with E-state index in [1.54, 1.807) is 0 Å². The molecule has 0 heterocycles. The number of nitrogens with zero attached hydrogens (tertiary/aromatic N) is 1. The molecule has 104 valence electrons. The molecule has 4 heteroatoms. The Kier molecular flexibility index (Phi) is 4.03. The van der Waals surface area contributed by atoms with Gasteiger partial charge < -0.3 is 10.0 Å². The van der Waals surface area contributed by atoms with Crippen molar-refractivity contribution in [1.29, 1.82) is 0 Å². The first-order chi connectivity index (χ1) is 9.47. The summed E-state index contributed by atoms with van der Waals surface area (Å²) in [5.41, 5.74) is 2.73. The van der Waals surface area contributed by atoms with Gasteiger partial charge in [-0.15, -0.1) is 0 Å². The third kappa shape index (κ3) is 3.15. The number of hydrogen-bond donors (Lipinski definition) is 1. The molecule has 1 N–H and O–H groups in total. The number of anilines is 1. The standard InChI is InChI=1S/C16H16FNO2/c1-11-3-7-14(8-4-11)18(2)10-12-5-6-13(17)9-15(12)16(19)20/h3-9H,10H2,1-2H3,(H,19,20). The van der Waals surface area contributed by atoms with Gasteiger partial charge in [0.15, 0.2) is 0 Å². The van der Waals surface area contributed by atoms with E-state index in [2.05, 4.69) is 0 Å². The Balaban J connectivity index is 2.25. The van der Waals surface area contributed by atoms with Crippen molar-refractivity contribution < 1.29 is 14.3 Å². The smallest absolute Gasteiger partial charge is 0.336 e. The van der Waals surface area contributed by atoms with E-state index in [0.29, 0.717) is 12.1 Å². The number of aromatic carboxylic acids is 1. The fourth-order valence-electron chi connectivity index (χ4n) is 2.03. The third-order valence-electron chi connectivity index (χ3n) is 3.18. The minimum Gasteiger partial charge on any atom is -0.478 e. The van der Waals surface area contributed by atoms with E-state index in [4.69, 9.17) is 5.11 Å². The Morgan fingerprint density at radius 2 is 1.85 bits per heavy atom. The van der Waals surface area contributed by atoms with Gasteiger partial charge in [-0.25, -0.2) is 9.18 Å². The number of carbonyl (C=O) groups is 1. The molecule has 0 atom stereocenters. The van der Waals surface area contributed by atoms with E-state index in [9.17, 15) is 9.18 Å². The van der Waals surface area contributed by atoms with Gasteiger partial charge in [-0.05, 0) is 36.8 Å². The van der Waals surface area contributed by atoms with Crippen LogP contribution in [0, 0.1) is 12.7 Å². The Bertz CT molecular complexity index is 623. The van der Waals surface area contributed by atoms with Crippen LogP contribution in [0.4, 0.5) is 10.1 Å². The molecular weight excluding hydrogens is 257 g/mol. The Morgan fingerprint density at radius 1 is 1.20 bits per heavy atom. The number of halogens is 1. The second-order valence-electron chi connectivity index (χ2n) is 4.80. The van der Waals surface area contributed by atoms with Crippen molar-refractivity contribution in [2.24, 2.45) is 0 Å². The average molecular weight is 273 g/mol. The van der Waals surface area contributed by atoms with Gasteiger partial charge in [0.25, 0.3) is 0 Å². The first-order valence-electron chi connectivity index (χ1n) is 6.27. The molecule has 0 spiro atoms. The van der Waals surface area contributed by atoms with Gasteiger partial charge in [0.2, 0.25) is 0 Å². The number of carboxylic acid groups (broad SMARTS) is 1. The van der Waals surface area contributed by atoms with Crippen molar-refractivity contribution in [1.82, 2.24) is 0 Å². The summed E-state index contributed by atoms with van der Waals surface area (Å²) in [7, 11) is 1.87. The largest absolute Gasteiger partial charge is 0.478 e. The summed E-state index contributed by atoms with van der Waals surface area (Å²) < 4.78 is 13.1. The molecule has 0 saturated heterocycles. The summed E-state index contributed by atoms with van der Waals surface area (Å²) in [5.74, 6) is -1.65. The number of carboxylic acids is 1. The summed E-state index contributed by atoms with van der Waals surface area (Å²) >= 11 is 0. The molecule has 0 aliphatic rings. The quantitative estimate of drug-likeness (QED) is 0.927. The molecule has 2 aromatic carbocycles. The van der Waals surface area contributed by atoms with Gasteiger partial charge in [-0.3, -0.25) is 0 Å². The first-order valence-corrected chi connectivity index (χ1v) is 6.27. The fraction of sp³-hybridized carbons (Fsp3) is 0.188. The minimum atomic E-state index is -1.11. The summed E-state index contributed by atoms with van der Waals surface area (Å²) in [6.07, 6.45) is 0. The highest BCUT2D eigenvalue weighted by Crippen LogP contribution is 2.19. The number of hydrogen-bond acceptors (Lipinski definition) is 2. The summed E-state index contributed by atoms with van der Waals surface area (Å²) in [6, 6.07) is 11.8. The molecule has 0 aromatic heterocycles. The lowest BCUT2D eigenvalue weighted by molar-refractivity contribution is 0.0695. The van der Waals surface area contributed by atoms with Gasteiger partial charge >= 0.3 is 5.97 Å². The van der Waals surface area contributed by atoms with Crippen LogP contribution in [0.15, 0.2) is 42.5 Å². The molecular formula is C16H16FNO2. The zero-order chi connectivity index (χ0) is 14.7. The third-order valence-corrected chi connectivity index (χ3v) is 3.18. The molecule has 0 aliphatic heterocycles. The zero-order valence-corrected chi connectivity index (χ0v) is 11.4. The Labute approximate surface area is 117 Å². The van der Waals surface area contributed by atoms with Crippen molar-refractivity contribution in [3.8, 4) is 0 Å². The monoisotopic (exact) mass is 273 g/mol. The van der Waals surface area contributed by atoms with Crippen LogP contribution in [-0.2, 0) is 6.54 Å². The fourth-order valence-corrected chi connectivity index (χ4v) is 2.03. The van der Waals surface area contributed by atoms with Crippen LogP contribution in [0.3, 0.4) is 0 Å². The summed E-state index contributed by atoms with van der Waals surface area (Å²) in [5, 5.41) is 9.12. The van der Waals surface area contributed by atoms with Gasteiger partial charge in [0.05, 0.1) is 5.56 Å². The number of aryl methyl sites for hydroxylation is 1. The lowest BCUT2D eigenvalue weighted by Crippen LogP contribution is -2.18. The van der Waals surface area contributed by atoms with Crippen molar-refractivity contribution >= 4 is 11.7 Å². The van der Waals surface area contributed by atoms with E-state index in [0.717, 1.165) is 17.3 Å². The van der Waals surface area contributed by atoms with E-state index in [1.807, 2.05) is 43.1 Å². The predicted molar refractivity (Wildman–Crippen MR) is 76.6 cm³/mol. The highest BCUT2D eigenvalue weighted by molar-refractivity contribution is 5.89. The number of rotatable bonds is 4. The predicted octanol–water partition coefficient (Wildman–Crippen LogP) is 3.47. The van der Waals surface area contributed by atoms with Gasteiger partial charge in [0, 0.05) is 19.3 Å². The maximum atomic E-state index is 13.1. The first kappa shape index (κ1) is 14.1. The molecule has 0 amide bonds. The highest BCUT2D eigenvalue weighted by Gasteiger charge is 2.13.